The second-order valence-electron chi connectivity index (χ2n) is 4.21. The van der Waals surface area contributed by atoms with Gasteiger partial charge in [-0.25, -0.2) is 4.98 Å². The van der Waals surface area contributed by atoms with Crippen molar-refractivity contribution in [2.24, 2.45) is 5.73 Å². The minimum absolute atomic E-state index is 0.619. The molecule has 0 bridgehead atoms. The van der Waals surface area contributed by atoms with Gasteiger partial charge in [-0.3, -0.25) is 0 Å². The Kier molecular flexibility index (Phi) is 3.63. The lowest BCUT2D eigenvalue weighted by Gasteiger charge is -2.21. The normalized spacial score (nSPS) is 13.5. The van der Waals surface area contributed by atoms with Crippen LogP contribution < -0.4 is 20.9 Å². The molecule has 2 rings (SSSR count). The number of hydrogen-bond donors (Lipinski definition) is 2. The Morgan fingerprint density at radius 2 is 2.35 bits per heavy atom. The maximum atomic E-state index is 5.61. The van der Waals surface area contributed by atoms with Crippen molar-refractivity contribution in [3.8, 4) is 0 Å². The number of anilines is 3. The van der Waals surface area contributed by atoms with Crippen LogP contribution in [0.5, 0.6) is 0 Å². The smallest absolute Gasteiger partial charge is 0.227 e. The molecule has 6 heteroatoms. The predicted octanol–water partition coefficient (Wildman–Crippen LogP) is 0.471. The van der Waals surface area contributed by atoms with Crippen LogP contribution in [0.15, 0.2) is 6.20 Å². The Balaban J connectivity index is 2.20. The summed E-state index contributed by atoms with van der Waals surface area (Å²) >= 11 is 0. The van der Waals surface area contributed by atoms with Crippen molar-refractivity contribution in [1.82, 2.24) is 9.97 Å². The van der Waals surface area contributed by atoms with Crippen LogP contribution in [0.25, 0.3) is 0 Å². The molecule has 0 amide bonds. The van der Waals surface area contributed by atoms with Gasteiger partial charge >= 0.3 is 0 Å². The first-order chi connectivity index (χ1) is 8.26. The summed E-state index contributed by atoms with van der Waals surface area (Å²) < 4.78 is 0. The van der Waals surface area contributed by atoms with E-state index in [1.54, 1.807) is 0 Å². The average molecular weight is 236 g/mol. The van der Waals surface area contributed by atoms with Crippen molar-refractivity contribution < 1.29 is 0 Å². The summed E-state index contributed by atoms with van der Waals surface area (Å²) in [6.45, 7) is 5.28. The van der Waals surface area contributed by atoms with Gasteiger partial charge in [0.15, 0.2) is 5.82 Å². The summed E-state index contributed by atoms with van der Waals surface area (Å²) in [5.74, 6) is 1.68. The predicted molar refractivity (Wildman–Crippen MR) is 70.5 cm³/mol. The van der Waals surface area contributed by atoms with Crippen LogP contribution in [-0.4, -0.2) is 43.3 Å². The number of nitrogens with one attached hydrogen (secondary N) is 1. The number of aromatic nitrogens is 2. The number of nitrogens with two attached hydrogens (primary N) is 1. The molecule has 0 unspecified atom stereocenters. The fraction of sp³-hybridized carbons (Fsp3) is 0.636. The van der Waals surface area contributed by atoms with E-state index in [9.17, 15) is 0 Å². The van der Waals surface area contributed by atoms with Crippen LogP contribution in [0.1, 0.15) is 13.3 Å². The summed E-state index contributed by atoms with van der Waals surface area (Å²) in [5, 5.41) is 3.25. The van der Waals surface area contributed by atoms with Crippen LogP contribution in [0.4, 0.5) is 17.5 Å². The fourth-order valence-corrected chi connectivity index (χ4v) is 1.94. The summed E-state index contributed by atoms with van der Waals surface area (Å²) in [6.07, 6.45) is 2.94. The third-order valence-corrected chi connectivity index (χ3v) is 2.83. The molecule has 0 aliphatic carbocycles. The van der Waals surface area contributed by atoms with Gasteiger partial charge in [0.05, 0.1) is 18.6 Å². The van der Waals surface area contributed by atoms with Gasteiger partial charge in [-0.15, -0.1) is 0 Å². The molecule has 0 atom stereocenters. The van der Waals surface area contributed by atoms with E-state index in [1.807, 2.05) is 13.2 Å². The fourth-order valence-electron chi connectivity index (χ4n) is 1.94. The summed E-state index contributed by atoms with van der Waals surface area (Å²) in [6, 6.07) is 0. The number of hydrogen-bond acceptors (Lipinski definition) is 6. The number of nitrogens with zero attached hydrogens (tertiary/aromatic N) is 4. The van der Waals surface area contributed by atoms with E-state index < -0.39 is 0 Å². The first-order valence-electron chi connectivity index (χ1n) is 6.03. The van der Waals surface area contributed by atoms with Gasteiger partial charge < -0.3 is 20.9 Å². The number of fused-ring (bicyclic) bond motifs is 1. The van der Waals surface area contributed by atoms with Crippen LogP contribution >= 0.6 is 0 Å². The zero-order chi connectivity index (χ0) is 12.3. The van der Waals surface area contributed by atoms with Gasteiger partial charge in [0.25, 0.3) is 0 Å². The standard InChI is InChI=1S/C11H20N6/c1-3-5-17(6-4-12)11-13-7-9-10(15-11)14-8-16(9)2/h7H,3-6,8,12H2,1-2H3,(H,13,14,15). The molecule has 17 heavy (non-hydrogen) atoms. The van der Waals surface area contributed by atoms with Crippen molar-refractivity contribution in [1.29, 1.82) is 0 Å². The highest BCUT2D eigenvalue weighted by Crippen LogP contribution is 2.28. The molecule has 0 fully saturated rings. The molecule has 1 aliphatic rings. The van der Waals surface area contributed by atoms with Crippen molar-refractivity contribution >= 4 is 17.5 Å². The van der Waals surface area contributed by atoms with Crippen molar-refractivity contribution in [3.05, 3.63) is 6.20 Å². The molecule has 2 heterocycles. The van der Waals surface area contributed by atoms with Gasteiger partial charge in [0, 0.05) is 26.7 Å². The van der Waals surface area contributed by atoms with E-state index in [2.05, 4.69) is 32.0 Å². The molecule has 0 radical (unpaired) electrons. The summed E-state index contributed by atoms with van der Waals surface area (Å²) in [4.78, 5) is 13.2. The first-order valence-corrected chi connectivity index (χ1v) is 6.03. The van der Waals surface area contributed by atoms with E-state index in [1.165, 1.54) is 0 Å². The molecule has 0 aromatic carbocycles. The third-order valence-electron chi connectivity index (χ3n) is 2.83. The average Bonchev–Trinajstić information content (AvgIpc) is 2.70. The lowest BCUT2D eigenvalue weighted by Crippen LogP contribution is -2.31. The van der Waals surface area contributed by atoms with E-state index >= 15 is 0 Å². The molecule has 0 spiro atoms. The van der Waals surface area contributed by atoms with Gasteiger partial charge in [0.1, 0.15) is 0 Å². The lowest BCUT2D eigenvalue weighted by atomic mass is 10.4. The Labute approximate surface area is 102 Å². The van der Waals surface area contributed by atoms with E-state index in [4.69, 9.17) is 5.73 Å². The van der Waals surface area contributed by atoms with Crippen LogP contribution in [0.3, 0.4) is 0 Å². The highest BCUT2D eigenvalue weighted by molar-refractivity contribution is 5.70. The van der Waals surface area contributed by atoms with E-state index in [-0.39, 0.29) is 0 Å². The van der Waals surface area contributed by atoms with Crippen molar-refractivity contribution in [2.75, 3.05) is 48.5 Å². The van der Waals surface area contributed by atoms with Crippen molar-refractivity contribution in [2.45, 2.75) is 13.3 Å². The Bertz CT molecular complexity index is 374. The topological polar surface area (TPSA) is 70.3 Å². The second-order valence-corrected chi connectivity index (χ2v) is 4.21. The molecular formula is C11H20N6. The zero-order valence-electron chi connectivity index (χ0n) is 10.5. The molecule has 1 aromatic rings. The van der Waals surface area contributed by atoms with Gasteiger partial charge in [-0.2, -0.15) is 4.98 Å². The van der Waals surface area contributed by atoms with Crippen LogP contribution in [0, 0.1) is 0 Å². The Morgan fingerprint density at radius 3 is 3.06 bits per heavy atom. The van der Waals surface area contributed by atoms with Gasteiger partial charge in [0.2, 0.25) is 5.95 Å². The molecule has 1 aliphatic heterocycles. The quantitative estimate of drug-likeness (QED) is 0.774. The monoisotopic (exact) mass is 236 g/mol. The van der Waals surface area contributed by atoms with Crippen LogP contribution in [0.2, 0.25) is 0 Å². The maximum absolute atomic E-state index is 5.61. The molecule has 6 nitrogen and oxygen atoms in total. The molecule has 1 aromatic heterocycles. The molecule has 94 valence electrons. The maximum Gasteiger partial charge on any atom is 0.227 e. The molecule has 3 N–H and O–H groups in total. The van der Waals surface area contributed by atoms with Gasteiger partial charge in [-0.05, 0) is 6.42 Å². The molecular weight excluding hydrogens is 216 g/mol. The highest BCUT2D eigenvalue weighted by Gasteiger charge is 2.19. The first kappa shape index (κ1) is 11.9. The summed E-state index contributed by atoms with van der Waals surface area (Å²) in [5.41, 5.74) is 6.66. The van der Waals surface area contributed by atoms with Gasteiger partial charge in [-0.1, -0.05) is 6.92 Å². The lowest BCUT2D eigenvalue weighted by molar-refractivity contribution is 0.738. The Morgan fingerprint density at radius 1 is 1.53 bits per heavy atom. The molecule has 0 saturated heterocycles. The minimum Gasteiger partial charge on any atom is -0.353 e. The van der Waals surface area contributed by atoms with E-state index in [0.717, 1.165) is 43.6 Å². The second kappa shape index (κ2) is 5.18. The third kappa shape index (κ3) is 2.41. The number of rotatable bonds is 5. The highest BCUT2D eigenvalue weighted by atomic mass is 15.3. The van der Waals surface area contributed by atoms with Crippen molar-refractivity contribution in [3.63, 3.8) is 0 Å². The minimum atomic E-state index is 0.619. The van der Waals surface area contributed by atoms with E-state index in [0.29, 0.717) is 6.54 Å². The van der Waals surface area contributed by atoms with Crippen LogP contribution in [-0.2, 0) is 0 Å². The molecule has 0 saturated carbocycles. The SMILES string of the molecule is CCCN(CCN)c1ncc2c(n1)NCN2C. The Hall–Kier alpha value is -1.56. The summed E-state index contributed by atoms with van der Waals surface area (Å²) in [7, 11) is 2.02. The largest absolute Gasteiger partial charge is 0.353 e. The zero-order valence-corrected chi connectivity index (χ0v) is 10.5.